The van der Waals surface area contributed by atoms with Crippen molar-refractivity contribution in [2.24, 2.45) is 0 Å². The van der Waals surface area contributed by atoms with E-state index in [9.17, 15) is 4.79 Å². The Morgan fingerprint density at radius 3 is 2.47 bits per heavy atom. The maximum atomic E-state index is 11.9. The van der Waals surface area contributed by atoms with Crippen LogP contribution in [0.3, 0.4) is 0 Å². The van der Waals surface area contributed by atoms with Gasteiger partial charge in [-0.1, -0.05) is 29.8 Å². The van der Waals surface area contributed by atoms with Crippen LogP contribution in [0.4, 0.5) is 11.8 Å². The number of hydrogen-bond acceptors (Lipinski definition) is 6. The molecule has 0 radical (unpaired) electrons. The minimum absolute atomic E-state index is 0.285. The summed E-state index contributed by atoms with van der Waals surface area (Å²) in [6, 6.07) is 1.66. The van der Waals surface area contributed by atoms with E-state index in [1.54, 1.807) is 19.3 Å². The average molecular weight is 449 g/mol. The zero-order valence-corrected chi connectivity index (χ0v) is 18.7. The lowest BCUT2D eigenvalue weighted by Crippen LogP contribution is -2.31. The van der Waals surface area contributed by atoms with Crippen LogP contribution in [0.15, 0.2) is 24.9 Å². The van der Waals surface area contributed by atoms with Crippen molar-refractivity contribution < 1.29 is 14.3 Å². The van der Waals surface area contributed by atoms with Crippen LogP contribution < -0.4 is 19.3 Å². The van der Waals surface area contributed by atoms with Gasteiger partial charge in [0, 0.05) is 43.5 Å². The molecule has 1 amide bonds. The number of amides is 1. The van der Waals surface area contributed by atoms with E-state index in [4.69, 9.17) is 32.7 Å². The fraction of sp³-hybridized carbons (Fsp3) is 0.286. The van der Waals surface area contributed by atoms with E-state index in [-0.39, 0.29) is 5.91 Å². The normalized spacial score (nSPS) is 12.7. The zero-order chi connectivity index (χ0) is 22.0. The Morgan fingerprint density at radius 2 is 1.93 bits per heavy atom. The summed E-state index contributed by atoms with van der Waals surface area (Å²) in [5.41, 5.74) is 2.31. The molecule has 0 unspecified atom stereocenters. The summed E-state index contributed by atoms with van der Waals surface area (Å²) in [7, 11) is 4.68. The van der Waals surface area contributed by atoms with Crippen molar-refractivity contribution in [3.8, 4) is 11.5 Å². The van der Waals surface area contributed by atoms with E-state index in [2.05, 4.69) is 21.4 Å². The van der Waals surface area contributed by atoms with Gasteiger partial charge in [0.05, 0.1) is 24.3 Å². The molecule has 1 aliphatic rings. The van der Waals surface area contributed by atoms with Crippen molar-refractivity contribution in [1.82, 2.24) is 9.97 Å². The molecule has 0 saturated carbocycles. The molecule has 1 aromatic heterocycles. The van der Waals surface area contributed by atoms with E-state index in [1.807, 2.05) is 13.0 Å². The second-order valence-corrected chi connectivity index (χ2v) is 7.27. The third kappa shape index (κ3) is 3.82. The van der Waals surface area contributed by atoms with Gasteiger partial charge >= 0.3 is 0 Å². The quantitative estimate of drug-likeness (QED) is 0.612. The first-order valence-corrected chi connectivity index (χ1v) is 9.94. The molecule has 0 atom stereocenters. The zero-order valence-electron chi connectivity index (χ0n) is 17.2. The molecule has 30 heavy (non-hydrogen) atoms. The first-order chi connectivity index (χ1) is 14.4. The van der Waals surface area contributed by atoms with Crippen molar-refractivity contribution in [3.05, 3.63) is 46.1 Å². The van der Waals surface area contributed by atoms with Crippen LogP contribution in [0.25, 0.3) is 11.6 Å². The Morgan fingerprint density at radius 1 is 1.30 bits per heavy atom. The molecule has 0 bridgehead atoms. The number of rotatable bonds is 6. The molecule has 2 heterocycles. The minimum atomic E-state index is -0.285. The van der Waals surface area contributed by atoms with Crippen molar-refractivity contribution in [3.63, 3.8) is 0 Å². The number of carbonyl (C=O) groups is 1. The highest BCUT2D eigenvalue weighted by atomic mass is 35.5. The van der Waals surface area contributed by atoms with Crippen molar-refractivity contribution in [1.29, 1.82) is 0 Å². The minimum Gasteiger partial charge on any atom is -0.495 e. The third-order valence-corrected chi connectivity index (χ3v) is 5.61. The molecular weight excluding hydrogens is 427 g/mol. The van der Waals surface area contributed by atoms with Gasteiger partial charge in [0.1, 0.15) is 17.3 Å². The number of hydrogen-bond donors (Lipinski definition) is 0. The number of halogens is 2. The summed E-state index contributed by atoms with van der Waals surface area (Å²) in [6.45, 7) is 6.70. The lowest BCUT2D eigenvalue weighted by atomic mass is 9.98. The van der Waals surface area contributed by atoms with Gasteiger partial charge in [-0.3, -0.25) is 9.69 Å². The number of benzene rings is 1. The molecule has 158 valence electrons. The van der Waals surface area contributed by atoms with E-state index in [0.29, 0.717) is 46.1 Å². The van der Waals surface area contributed by atoms with Gasteiger partial charge in [0.25, 0.3) is 5.91 Å². The van der Waals surface area contributed by atoms with Gasteiger partial charge in [-0.05, 0) is 24.6 Å². The molecule has 2 aromatic rings. The molecule has 1 aliphatic heterocycles. The maximum Gasteiger partial charge on any atom is 0.252 e. The van der Waals surface area contributed by atoms with Crippen LogP contribution in [0.5, 0.6) is 11.5 Å². The Balaban J connectivity index is 2.15. The van der Waals surface area contributed by atoms with Crippen molar-refractivity contribution in [2.75, 3.05) is 44.2 Å². The van der Waals surface area contributed by atoms with Crippen LogP contribution in [0.1, 0.15) is 18.1 Å². The fourth-order valence-electron chi connectivity index (χ4n) is 3.22. The molecule has 1 aromatic carbocycles. The van der Waals surface area contributed by atoms with E-state index in [0.717, 1.165) is 17.0 Å². The van der Waals surface area contributed by atoms with Crippen LogP contribution in [-0.4, -0.2) is 50.2 Å². The molecule has 7 nitrogen and oxygen atoms in total. The first kappa shape index (κ1) is 21.9. The molecule has 3 rings (SSSR count). The van der Waals surface area contributed by atoms with Crippen molar-refractivity contribution >= 4 is 52.5 Å². The SMILES string of the molecule is C=CC(=O)N(C)c1ncc2c(n1)N(CC)CC(c1c(Cl)c(OC)cc(OC)c1Cl)=C2. The van der Waals surface area contributed by atoms with Crippen LogP contribution >= 0.6 is 23.2 Å². The Kier molecular flexibility index (Phi) is 6.53. The number of carbonyl (C=O) groups excluding carboxylic acids is 1. The highest BCUT2D eigenvalue weighted by Crippen LogP contribution is 2.45. The van der Waals surface area contributed by atoms with Gasteiger partial charge in [0.2, 0.25) is 5.95 Å². The lowest BCUT2D eigenvalue weighted by Gasteiger charge is -2.31. The average Bonchev–Trinajstić information content (AvgIpc) is 2.77. The summed E-state index contributed by atoms with van der Waals surface area (Å²) < 4.78 is 10.8. The number of methoxy groups -OCH3 is 2. The highest BCUT2D eigenvalue weighted by molar-refractivity contribution is 6.39. The van der Waals surface area contributed by atoms with Crippen LogP contribution in [0, 0.1) is 0 Å². The van der Waals surface area contributed by atoms with Gasteiger partial charge < -0.3 is 14.4 Å². The topological polar surface area (TPSA) is 67.8 Å². The predicted octanol–water partition coefficient (Wildman–Crippen LogP) is 4.33. The van der Waals surface area contributed by atoms with Gasteiger partial charge in [-0.15, -0.1) is 0 Å². The Labute approximate surface area is 185 Å². The summed E-state index contributed by atoms with van der Waals surface area (Å²) in [4.78, 5) is 24.2. The summed E-state index contributed by atoms with van der Waals surface area (Å²) in [5, 5.41) is 0.811. The number of fused-ring (bicyclic) bond motifs is 1. The molecular formula is C21H22Cl2N4O3. The number of nitrogens with zero attached hydrogens (tertiary/aromatic N) is 4. The van der Waals surface area contributed by atoms with E-state index in [1.165, 1.54) is 25.2 Å². The highest BCUT2D eigenvalue weighted by Gasteiger charge is 2.26. The second-order valence-electron chi connectivity index (χ2n) is 6.52. The Hall–Kier alpha value is -2.77. The summed E-state index contributed by atoms with van der Waals surface area (Å²) in [5.74, 6) is 1.68. The van der Waals surface area contributed by atoms with Crippen molar-refractivity contribution in [2.45, 2.75) is 6.92 Å². The molecule has 0 saturated heterocycles. The molecule has 0 aliphatic carbocycles. The van der Waals surface area contributed by atoms with Gasteiger partial charge in [0.15, 0.2) is 0 Å². The first-order valence-electron chi connectivity index (χ1n) is 9.19. The molecule has 0 fully saturated rings. The molecule has 0 spiro atoms. The van der Waals surface area contributed by atoms with Crippen LogP contribution in [0.2, 0.25) is 10.0 Å². The smallest absolute Gasteiger partial charge is 0.252 e. The van der Waals surface area contributed by atoms with Gasteiger partial charge in [-0.2, -0.15) is 4.98 Å². The number of likely N-dealkylation sites (N-methyl/N-ethyl adjacent to an activating group) is 2. The largest absolute Gasteiger partial charge is 0.495 e. The third-order valence-electron chi connectivity index (χ3n) is 4.86. The summed E-state index contributed by atoms with van der Waals surface area (Å²) in [6.07, 6.45) is 4.83. The molecule has 0 N–H and O–H groups in total. The predicted molar refractivity (Wildman–Crippen MR) is 121 cm³/mol. The summed E-state index contributed by atoms with van der Waals surface area (Å²) >= 11 is 13.2. The Bertz CT molecular complexity index is 1010. The number of aromatic nitrogens is 2. The number of anilines is 2. The lowest BCUT2D eigenvalue weighted by molar-refractivity contribution is -0.113. The van der Waals surface area contributed by atoms with Crippen LogP contribution in [-0.2, 0) is 4.79 Å². The monoisotopic (exact) mass is 448 g/mol. The maximum absolute atomic E-state index is 11.9. The van der Waals surface area contributed by atoms with E-state index >= 15 is 0 Å². The van der Waals surface area contributed by atoms with Gasteiger partial charge in [-0.25, -0.2) is 4.98 Å². The molecule has 9 heteroatoms. The fourth-order valence-corrected chi connectivity index (χ4v) is 3.96. The second kappa shape index (κ2) is 8.93. The van der Waals surface area contributed by atoms with E-state index < -0.39 is 0 Å². The standard InChI is InChI=1S/C21H22Cl2N4O3/c1-6-16(28)26(3)21-24-10-12-8-13(11-27(7-2)20(12)25-21)17-18(22)14(29-4)9-15(30-5)19(17)23/h6,8-10H,1,7,11H2,2-5H3. The number of ether oxygens (including phenoxy) is 2.